The summed E-state index contributed by atoms with van der Waals surface area (Å²) < 4.78 is 7.80. The number of carbonyl (C=O) groups excluding carboxylic acids is 1. The fraction of sp³-hybridized carbons (Fsp3) is 0.800. The van der Waals surface area contributed by atoms with E-state index in [4.69, 9.17) is 4.74 Å². The zero-order valence-electron chi connectivity index (χ0n) is 12.7. The average Bonchev–Trinajstić information content (AvgIpc) is 3.45. The van der Waals surface area contributed by atoms with Gasteiger partial charge in [-0.05, 0) is 38.5 Å². The van der Waals surface area contributed by atoms with E-state index >= 15 is 0 Å². The number of nitrogens with zero attached hydrogens (tertiary/aromatic N) is 3. The van der Waals surface area contributed by atoms with Crippen LogP contribution in [0.15, 0.2) is 5.16 Å². The Hall–Kier alpha value is -1.08. The summed E-state index contributed by atoms with van der Waals surface area (Å²) in [5, 5.41) is 12.6. The number of hydrogen-bond acceptors (Lipinski definition) is 5. The first-order chi connectivity index (χ1) is 10.8. The Kier molecular flexibility index (Phi) is 4.09. The molecule has 1 saturated heterocycles. The molecule has 4 rings (SSSR count). The Labute approximate surface area is 134 Å². The van der Waals surface area contributed by atoms with E-state index in [0.29, 0.717) is 24.3 Å². The number of hydrogen-bond donors (Lipinski definition) is 1. The maximum Gasteiger partial charge on any atom is 0.230 e. The van der Waals surface area contributed by atoms with Crippen molar-refractivity contribution in [1.29, 1.82) is 0 Å². The Morgan fingerprint density at radius 3 is 2.82 bits per heavy atom. The smallest absolute Gasteiger partial charge is 0.230 e. The fourth-order valence-electron chi connectivity index (χ4n) is 2.90. The summed E-state index contributed by atoms with van der Waals surface area (Å²) in [4.78, 5) is 12.0. The number of aromatic nitrogens is 3. The molecular formula is C15H22N4O2S. The van der Waals surface area contributed by atoms with Gasteiger partial charge in [0.15, 0.2) is 5.16 Å². The van der Waals surface area contributed by atoms with E-state index in [1.165, 1.54) is 37.4 Å². The lowest BCUT2D eigenvalue weighted by molar-refractivity contribution is -0.119. The molecule has 0 radical (unpaired) electrons. The standard InChI is InChI=1S/C15H22N4O2S/c20-13(16-8-12-2-1-7-21-12)9-22-15-18-17-14(10-3-4-10)19(15)11-5-6-11/h10-12H,1-9H2,(H,16,20)/t12-/m0/s1. The van der Waals surface area contributed by atoms with E-state index < -0.39 is 0 Å². The Morgan fingerprint density at radius 2 is 2.14 bits per heavy atom. The van der Waals surface area contributed by atoms with Crippen molar-refractivity contribution in [3.05, 3.63) is 5.82 Å². The van der Waals surface area contributed by atoms with Crippen LogP contribution in [0, 0.1) is 0 Å². The second kappa shape index (κ2) is 6.20. The van der Waals surface area contributed by atoms with E-state index in [1.807, 2.05) is 0 Å². The molecule has 1 atom stereocenters. The first kappa shape index (κ1) is 14.5. The van der Waals surface area contributed by atoms with Gasteiger partial charge in [-0.1, -0.05) is 11.8 Å². The van der Waals surface area contributed by atoms with Crippen molar-refractivity contribution >= 4 is 17.7 Å². The van der Waals surface area contributed by atoms with Crippen LogP contribution in [0.3, 0.4) is 0 Å². The van der Waals surface area contributed by atoms with E-state index in [1.54, 1.807) is 0 Å². The maximum atomic E-state index is 12.0. The van der Waals surface area contributed by atoms with Gasteiger partial charge in [-0.3, -0.25) is 4.79 Å². The molecule has 3 fully saturated rings. The molecule has 0 bridgehead atoms. The average molecular weight is 322 g/mol. The fourth-order valence-corrected chi connectivity index (χ4v) is 3.74. The zero-order chi connectivity index (χ0) is 14.9. The van der Waals surface area contributed by atoms with Crippen LogP contribution in [0.5, 0.6) is 0 Å². The molecule has 3 aliphatic rings. The van der Waals surface area contributed by atoms with Crippen molar-refractivity contribution in [2.24, 2.45) is 0 Å². The van der Waals surface area contributed by atoms with Gasteiger partial charge < -0.3 is 14.6 Å². The lowest BCUT2D eigenvalue weighted by atomic mass is 10.2. The lowest BCUT2D eigenvalue weighted by Crippen LogP contribution is -2.32. The van der Waals surface area contributed by atoms with E-state index in [9.17, 15) is 4.79 Å². The number of carbonyl (C=O) groups is 1. The molecular weight excluding hydrogens is 300 g/mol. The number of nitrogens with one attached hydrogen (secondary N) is 1. The van der Waals surface area contributed by atoms with Crippen molar-refractivity contribution in [2.45, 2.75) is 61.7 Å². The Bertz CT molecular complexity index is 548. The molecule has 0 unspecified atom stereocenters. The second-order valence-electron chi connectivity index (χ2n) is 6.44. The molecule has 1 N–H and O–H groups in total. The normalized spacial score (nSPS) is 24.6. The third kappa shape index (κ3) is 3.30. The predicted octanol–water partition coefficient (Wildman–Crippen LogP) is 1.88. The molecule has 1 aliphatic heterocycles. The number of amides is 1. The van der Waals surface area contributed by atoms with Crippen molar-refractivity contribution < 1.29 is 9.53 Å². The SMILES string of the molecule is O=C(CSc1nnc(C2CC2)n1C1CC1)NC[C@@H]1CCCO1. The molecule has 0 aromatic carbocycles. The summed E-state index contributed by atoms with van der Waals surface area (Å²) >= 11 is 1.51. The van der Waals surface area contributed by atoms with Gasteiger partial charge in [0.05, 0.1) is 11.9 Å². The Morgan fingerprint density at radius 1 is 1.27 bits per heavy atom. The number of ether oxygens (including phenoxy) is 1. The van der Waals surface area contributed by atoms with Gasteiger partial charge in [0, 0.05) is 25.1 Å². The van der Waals surface area contributed by atoms with Crippen LogP contribution in [-0.2, 0) is 9.53 Å². The van der Waals surface area contributed by atoms with Crippen LogP contribution in [0.1, 0.15) is 56.3 Å². The quantitative estimate of drug-likeness (QED) is 0.776. The van der Waals surface area contributed by atoms with Gasteiger partial charge >= 0.3 is 0 Å². The summed E-state index contributed by atoms with van der Waals surface area (Å²) in [6.07, 6.45) is 7.25. The van der Waals surface area contributed by atoms with Crippen LogP contribution in [0.25, 0.3) is 0 Å². The third-order valence-corrected chi connectivity index (χ3v) is 5.37. The highest BCUT2D eigenvalue weighted by Gasteiger charge is 2.36. The Balaban J connectivity index is 1.30. The number of thioether (sulfide) groups is 1. The molecule has 7 heteroatoms. The minimum atomic E-state index is 0.0545. The van der Waals surface area contributed by atoms with Gasteiger partial charge in [0.25, 0.3) is 0 Å². The van der Waals surface area contributed by atoms with Gasteiger partial charge in [0.1, 0.15) is 5.82 Å². The topological polar surface area (TPSA) is 69.0 Å². The molecule has 2 heterocycles. The van der Waals surface area contributed by atoms with E-state index in [-0.39, 0.29) is 12.0 Å². The van der Waals surface area contributed by atoms with Gasteiger partial charge in [-0.25, -0.2) is 0 Å². The summed E-state index contributed by atoms with van der Waals surface area (Å²) in [6, 6.07) is 0.572. The predicted molar refractivity (Wildman–Crippen MR) is 83.0 cm³/mol. The zero-order valence-corrected chi connectivity index (χ0v) is 13.5. The highest BCUT2D eigenvalue weighted by molar-refractivity contribution is 7.99. The molecule has 1 aromatic heterocycles. The first-order valence-electron chi connectivity index (χ1n) is 8.27. The minimum absolute atomic E-state index is 0.0545. The lowest BCUT2D eigenvalue weighted by Gasteiger charge is -2.11. The van der Waals surface area contributed by atoms with Crippen molar-refractivity contribution in [3.8, 4) is 0 Å². The molecule has 1 amide bonds. The van der Waals surface area contributed by atoms with Gasteiger partial charge in [-0.2, -0.15) is 0 Å². The highest BCUT2D eigenvalue weighted by Crippen LogP contribution is 2.45. The molecule has 2 saturated carbocycles. The van der Waals surface area contributed by atoms with Crippen LogP contribution in [-0.4, -0.2) is 45.7 Å². The third-order valence-electron chi connectivity index (χ3n) is 4.43. The van der Waals surface area contributed by atoms with E-state index in [0.717, 1.165) is 30.4 Å². The molecule has 22 heavy (non-hydrogen) atoms. The molecule has 1 aromatic rings. The van der Waals surface area contributed by atoms with Crippen LogP contribution < -0.4 is 5.32 Å². The summed E-state index contributed by atoms with van der Waals surface area (Å²) in [7, 11) is 0. The first-order valence-corrected chi connectivity index (χ1v) is 9.25. The van der Waals surface area contributed by atoms with Crippen LogP contribution >= 0.6 is 11.8 Å². The summed E-state index contributed by atoms with van der Waals surface area (Å²) in [6.45, 7) is 1.45. The number of rotatable bonds is 7. The van der Waals surface area contributed by atoms with Gasteiger partial charge in [0.2, 0.25) is 5.91 Å². The van der Waals surface area contributed by atoms with E-state index in [2.05, 4.69) is 20.1 Å². The summed E-state index contributed by atoms with van der Waals surface area (Å²) in [5.41, 5.74) is 0. The monoisotopic (exact) mass is 322 g/mol. The molecule has 0 spiro atoms. The molecule has 120 valence electrons. The largest absolute Gasteiger partial charge is 0.376 e. The molecule has 2 aliphatic carbocycles. The maximum absolute atomic E-state index is 12.0. The highest BCUT2D eigenvalue weighted by atomic mass is 32.2. The van der Waals surface area contributed by atoms with Gasteiger partial charge in [-0.15, -0.1) is 10.2 Å². The van der Waals surface area contributed by atoms with Crippen LogP contribution in [0.2, 0.25) is 0 Å². The van der Waals surface area contributed by atoms with Crippen molar-refractivity contribution in [1.82, 2.24) is 20.1 Å². The summed E-state index contributed by atoms with van der Waals surface area (Å²) in [5.74, 6) is 2.21. The minimum Gasteiger partial charge on any atom is -0.376 e. The molecule has 6 nitrogen and oxygen atoms in total. The van der Waals surface area contributed by atoms with Crippen molar-refractivity contribution in [2.75, 3.05) is 18.9 Å². The second-order valence-corrected chi connectivity index (χ2v) is 7.39. The van der Waals surface area contributed by atoms with Crippen LogP contribution in [0.4, 0.5) is 0 Å². The van der Waals surface area contributed by atoms with Crippen molar-refractivity contribution in [3.63, 3.8) is 0 Å².